The number of hydrogen-bond acceptors (Lipinski definition) is 4. The van der Waals surface area contributed by atoms with Crippen LogP contribution in [-0.2, 0) is 0 Å². The van der Waals surface area contributed by atoms with Crippen molar-refractivity contribution in [2.24, 2.45) is 0 Å². The highest BCUT2D eigenvalue weighted by molar-refractivity contribution is 7.14. The van der Waals surface area contributed by atoms with E-state index in [-0.39, 0.29) is 5.91 Å². The molecule has 3 rings (SSSR count). The van der Waals surface area contributed by atoms with Crippen LogP contribution in [0.25, 0.3) is 11.3 Å². The first-order valence-electron chi connectivity index (χ1n) is 7.34. The average Bonchev–Trinajstić information content (AvgIpc) is 3.01. The lowest BCUT2D eigenvalue weighted by molar-refractivity contribution is 0.102. The molecule has 2 aromatic carbocycles. The lowest BCUT2D eigenvalue weighted by Crippen LogP contribution is -2.11. The van der Waals surface area contributed by atoms with Crippen molar-refractivity contribution in [3.05, 3.63) is 63.0 Å². The minimum absolute atomic E-state index is 0.309. The normalized spacial score (nSPS) is 10.6. The molecule has 25 heavy (non-hydrogen) atoms. The molecule has 0 radical (unpaired) electrons. The van der Waals surface area contributed by atoms with E-state index < -0.39 is 0 Å². The molecule has 1 heterocycles. The highest BCUT2D eigenvalue weighted by atomic mass is 35.5. The third-order valence-corrected chi connectivity index (χ3v) is 4.75. The maximum Gasteiger partial charge on any atom is 0.257 e. The summed E-state index contributed by atoms with van der Waals surface area (Å²) in [6.45, 7) is 1.99. The highest BCUT2D eigenvalue weighted by Crippen LogP contribution is 2.30. The fraction of sp³-hybridized carbons (Fsp3) is 0.111. The molecular weight excluding hydrogens is 379 g/mol. The largest absolute Gasteiger partial charge is 0.497 e. The van der Waals surface area contributed by atoms with Crippen molar-refractivity contribution in [1.29, 1.82) is 0 Å². The Bertz CT molecular complexity index is 920. The zero-order valence-corrected chi connectivity index (χ0v) is 15.8. The number of carbonyl (C=O) groups is 1. The summed E-state index contributed by atoms with van der Waals surface area (Å²) in [6, 6.07) is 10.5. The SMILES string of the molecule is COc1ccc(-c2csc(NC(=O)c3cc(Cl)cc(Cl)c3)n2)c(C)c1. The number of thiazole rings is 1. The van der Waals surface area contributed by atoms with Crippen LogP contribution >= 0.6 is 34.5 Å². The number of anilines is 1. The predicted molar refractivity (Wildman–Crippen MR) is 103 cm³/mol. The van der Waals surface area contributed by atoms with Gasteiger partial charge in [0.05, 0.1) is 12.8 Å². The Morgan fingerprint density at radius 3 is 2.52 bits per heavy atom. The Labute approximate surface area is 159 Å². The summed E-state index contributed by atoms with van der Waals surface area (Å²) >= 11 is 13.2. The molecule has 0 unspecified atom stereocenters. The number of methoxy groups -OCH3 is 1. The van der Waals surface area contributed by atoms with Gasteiger partial charge in [0.15, 0.2) is 5.13 Å². The predicted octanol–water partition coefficient (Wildman–Crippen LogP) is 5.69. The number of rotatable bonds is 4. The zero-order chi connectivity index (χ0) is 18.0. The number of hydrogen-bond donors (Lipinski definition) is 1. The van der Waals surface area contributed by atoms with Gasteiger partial charge in [-0.15, -0.1) is 11.3 Å². The Hall–Kier alpha value is -2.08. The molecule has 0 fully saturated rings. The third kappa shape index (κ3) is 4.12. The summed E-state index contributed by atoms with van der Waals surface area (Å²) in [5.74, 6) is 0.486. The minimum atomic E-state index is -0.309. The molecule has 0 atom stereocenters. The summed E-state index contributed by atoms with van der Waals surface area (Å²) in [4.78, 5) is 16.8. The molecule has 0 aliphatic carbocycles. The number of nitrogens with zero attached hydrogens (tertiary/aromatic N) is 1. The van der Waals surface area contributed by atoms with Crippen molar-refractivity contribution in [3.8, 4) is 17.0 Å². The molecule has 1 N–H and O–H groups in total. The van der Waals surface area contributed by atoms with Crippen molar-refractivity contribution in [2.75, 3.05) is 12.4 Å². The monoisotopic (exact) mass is 392 g/mol. The maximum atomic E-state index is 12.3. The van der Waals surface area contributed by atoms with Crippen LogP contribution in [0.5, 0.6) is 5.75 Å². The molecule has 4 nitrogen and oxygen atoms in total. The molecule has 0 aliphatic rings. The summed E-state index contributed by atoms with van der Waals surface area (Å²) in [6.07, 6.45) is 0. The van der Waals surface area contributed by atoms with E-state index in [1.807, 2.05) is 30.5 Å². The second-order valence-corrected chi connectivity index (χ2v) is 7.06. The summed E-state index contributed by atoms with van der Waals surface area (Å²) in [5.41, 5.74) is 3.21. The second kappa shape index (κ2) is 7.44. The van der Waals surface area contributed by atoms with Gasteiger partial charge in [-0.05, 0) is 48.9 Å². The maximum absolute atomic E-state index is 12.3. The Morgan fingerprint density at radius 1 is 1.16 bits per heavy atom. The fourth-order valence-electron chi connectivity index (χ4n) is 2.36. The molecule has 0 bridgehead atoms. The Kier molecular flexibility index (Phi) is 5.27. The molecule has 0 spiro atoms. The fourth-order valence-corrected chi connectivity index (χ4v) is 3.59. The van der Waals surface area contributed by atoms with E-state index in [2.05, 4.69) is 10.3 Å². The van der Waals surface area contributed by atoms with Gasteiger partial charge in [-0.1, -0.05) is 23.2 Å². The van der Waals surface area contributed by atoms with Gasteiger partial charge < -0.3 is 4.74 Å². The van der Waals surface area contributed by atoms with Crippen molar-refractivity contribution in [3.63, 3.8) is 0 Å². The van der Waals surface area contributed by atoms with Crippen LogP contribution in [0.4, 0.5) is 5.13 Å². The second-order valence-electron chi connectivity index (χ2n) is 5.33. The molecular formula is C18H14Cl2N2O2S. The van der Waals surface area contributed by atoms with Crippen LogP contribution in [0.3, 0.4) is 0 Å². The summed E-state index contributed by atoms with van der Waals surface area (Å²) in [5, 5.41) is 5.99. The quantitative estimate of drug-likeness (QED) is 0.620. The van der Waals surface area contributed by atoms with E-state index in [9.17, 15) is 4.79 Å². The van der Waals surface area contributed by atoms with Crippen molar-refractivity contribution < 1.29 is 9.53 Å². The van der Waals surface area contributed by atoms with Gasteiger partial charge in [0.2, 0.25) is 0 Å². The van der Waals surface area contributed by atoms with E-state index in [1.165, 1.54) is 11.3 Å². The minimum Gasteiger partial charge on any atom is -0.497 e. The number of ether oxygens (including phenoxy) is 1. The zero-order valence-electron chi connectivity index (χ0n) is 13.5. The van der Waals surface area contributed by atoms with Crippen molar-refractivity contribution in [2.45, 2.75) is 6.92 Å². The number of nitrogens with one attached hydrogen (secondary N) is 1. The smallest absolute Gasteiger partial charge is 0.257 e. The molecule has 0 saturated heterocycles. The van der Waals surface area contributed by atoms with E-state index in [1.54, 1.807) is 25.3 Å². The van der Waals surface area contributed by atoms with Crippen molar-refractivity contribution >= 4 is 45.6 Å². The number of halogens is 2. The lowest BCUT2D eigenvalue weighted by Gasteiger charge is -2.06. The van der Waals surface area contributed by atoms with E-state index >= 15 is 0 Å². The topological polar surface area (TPSA) is 51.2 Å². The summed E-state index contributed by atoms with van der Waals surface area (Å²) in [7, 11) is 1.63. The van der Waals surface area contributed by atoms with E-state index in [0.717, 1.165) is 22.6 Å². The number of carbonyl (C=O) groups excluding carboxylic acids is 1. The van der Waals surface area contributed by atoms with Gasteiger partial charge in [-0.25, -0.2) is 4.98 Å². The highest BCUT2D eigenvalue weighted by Gasteiger charge is 2.12. The molecule has 7 heteroatoms. The molecule has 3 aromatic rings. The standard InChI is InChI=1S/C18H14Cl2N2O2S/c1-10-5-14(24-2)3-4-15(10)16-9-25-18(21-16)22-17(23)11-6-12(19)8-13(20)7-11/h3-9H,1-2H3,(H,21,22,23). The van der Waals surface area contributed by atoms with Gasteiger partial charge in [0.1, 0.15) is 5.75 Å². The van der Waals surface area contributed by atoms with Crippen LogP contribution in [0.15, 0.2) is 41.8 Å². The molecule has 0 aliphatic heterocycles. The van der Waals surface area contributed by atoms with Crippen LogP contribution in [0, 0.1) is 6.92 Å². The first-order valence-corrected chi connectivity index (χ1v) is 8.98. The summed E-state index contributed by atoms with van der Waals surface area (Å²) < 4.78 is 5.22. The number of aromatic nitrogens is 1. The van der Waals surface area contributed by atoms with Crippen molar-refractivity contribution in [1.82, 2.24) is 4.98 Å². The van der Waals surface area contributed by atoms with Crippen LogP contribution in [0.2, 0.25) is 10.0 Å². The lowest BCUT2D eigenvalue weighted by atomic mass is 10.1. The van der Waals surface area contributed by atoms with Gasteiger partial charge in [0, 0.05) is 26.6 Å². The Balaban J connectivity index is 1.81. The van der Waals surface area contributed by atoms with Gasteiger partial charge in [0.25, 0.3) is 5.91 Å². The number of benzene rings is 2. The molecule has 128 valence electrons. The van der Waals surface area contributed by atoms with Crippen LogP contribution in [0.1, 0.15) is 15.9 Å². The van der Waals surface area contributed by atoms with Gasteiger partial charge in [-0.3, -0.25) is 10.1 Å². The third-order valence-electron chi connectivity index (χ3n) is 3.56. The molecule has 1 aromatic heterocycles. The first-order chi connectivity index (χ1) is 12.0. The average molecular weight is 393 g/mol. The Morgan fingerprint density at radius 2 is 1.88 bits per heavy atom. The van der Waals surface area contributed by atoms with Crippen LogP contribution < -0.4 is 10.1 Å². The molecule has 1 amide bonds. The molecule has 0 saturated carbocycles. The van der Waals surface area contributed by atoms with E-state index in [0.29, 0.717) is 20.7 Å². The van der Waals surface area contributed by atoms with Gasteiger partial charge >= 0.3 is 0 Å². The van der Waals surface area contributed by atoms with Crippen LogP contribution in [-0.4, -0.2) is 18.0 Å². The van der Waals surface area contributed by atoms with Gasteiger partial charge in [-0.2, -0.15) is 0 Å². The number of aryl methyl sites for hydroxylation is 1. The number of amides is 1. The first kappa shape index (κ1) is 17.7. The van der Waals surface area contributed by atoms with E-state index in [4.69, 9.17) is 27.9 Å².